The Morgan fingerprint density at radius 2 is 1.04 bits per heavy atom. The lowest BCUT2D eigenvalue weighted by Gasteiger charge is -2.26. The maximum absolute atomic E-state index is 13.8. The van der Waals surface area contributed by atoms with Crippen LogP contribution in [0.5, 0.6) is 0 Å². The Balaban J connectivity index is 1.81. The second-order valence-electron chi connectivity index (χ2n) is 13.4. The molecule has 0 spiro atoms. The van der Waals surface area contributed by atoms with Gasteiger partial charge in [0.2, 0.25) is 23.6 Å². The van der Waals surface area contributed by atoms with E-state index in [4.69, 9.17) is 19.9 Å². The molecule has 0 aliphatic heterocycles. The maximum Gasteiger partial charge on any atom is 0.408 e. The highest BCUT2D eigenvalue weighted by Gasteiger charge is 2.34. The average Bonchev–Trinajstić information content (AvgIpc) is 3.12. The smallest absolute Gasteiger partial charge is 0.408 e. The molecule has 288 valence electrons. The van der Waals surface area contributed by atoms with Gasteiger partial charge in [0.1, 0.15) is 43.0 Å². The van der Waals surface area contributed by atoms with E-state index in [-0.39, 0.29) is 19.6 Å². The molecular formula is C39H47N5O10. The van der Waals surface area contributed by atoms with Gasteiger partial charge in [-0.25, -0.2) is 9.59 Å². The Morgan fingerprint density at radius 1 is 0.593 bits per heavy atom. The van der Waals surface area contributed by atoms with Crippen molar-refractivity contribution < 1.29 is 47.8 Å². The number of carbonyl (C=O) groups excluding carboxylic acids is 7. The molecule has 0 bridgehead atoms. The summed E-state index contributed by atoms with van der Waals surface area (Å²) in [6.45, 7) is 6.10. The van der Waals surface area contributed by atoms with E-state index in [9.17, 15) is 33.6 Å². The van der Waals surface area contributed by atoms with Gasteiger partial charge in [0.05, 0.1) is 12.8 Å². The van der Waals surface area contributed by atoms with Crippen molar-refractivity contribution in [1.29, 1.82) is 0 Å². The summed E-state index contributed by atoms with van der Waals surface area (Å²) < 4.78 is 16.0. The summed E-state index contributed by atoms with van der Waals surface area (Å²) in [6, 6.07) is 20.5. The van der Waals surface area contributed by atoms with E-state index < -0.39 is 84.3 Å². The summed E-state index contributed by atoms with van der Waals surface area (Å²) in [6.07, 6.45) is -2.33. The van der Waals surface area contributed by atoms with Gasteiger partial charge in [-0.05, 0) is 44.4 Å². The number of carbonyl (C=O) groups is 7. The number of nitrogens with one attached hydrogen (secondary N) is 4. The molecule has 3 aromatic carbocycles. The van der Waals surface area contributed by atoms with Crippen LogP contribution in [0.4, 0.5) is 4.79 Å². The molecule has 0 aromatic heterocycles. The number of esters is 2. The molecule has 54 heavy (non-hydrogen) atoms. The first-order chi connectivity index (χ1) is 25.6. The minimum atomic E-state index is -1.67. The Hall–Kier alpha value is -6.25. The number of ether oxygens (including phenoxy) is 3. The number of nitrogens with two attached hydrogens (primary N) is 1. The predicted octanol–water partition coefficient (Wildman–Crippen LogP) is 2.35. The molecular weight excluding hydrogens is 698 g/mol. The van der Waals surface area contributed by atoms with Crippen LogP contribution in [0.3, 0.4) is 0 Å². The molecule has 15 heteroatoms. The molecule has 0 fully saturated rings. The molecule has 6 N–H and O–H groups in total. The third-order valence-corrected chi connectivity index (χ3v) is 7.51. The van der Waals surface area contributed by atoms with E-state index in [2.05, 4.69) is 21.3 Å². The highest BCUT2D eigenvalue weighted by Crippen LogP contribution is 2.11. The molecule has 15 nitrogen and oxygen atoms in total. The van der Waals surface area contributed by atoms with Gasteiger partial charge in [-0.3, -0.25) is 24.0 Å². The van der Waals surface area contributed by atoms with Crippen molar-refractivity contribution >= 4 is 41.7 Å². The number of benzene rings is 3. The van der Waals surface area contributed by atoms with Crippen molar-refractivity contribution in [3.63, 3.8) is 0 Å². The molecule has 5 amide bonds. The topological polar surface area (TPSA) is 221 Å². The van der Waals surface area contributed by atoms with Crippen molar-refractivity contribution in [2.45, 2.75) is 89.9 Å². The summed E-state index contributed by atoms with van der Waals surface area (Å²) in [5.74, 6) is -5.53. The van der Waals surface area contributed by atoms with Crippen molar-refractivity contribution in [1.82, 2.24) is 21.3 Å². The molecule has 0 saturated carbocycles. The molecule has 3 rings (SSSR count). The normalized spacial score (nSPS) is 13.1. The van der Waals surface area contributed by atoms with E-state index in [1.54, 1.807) is 112 Å². The van der Waals surface area contributed by atoms with Crippen LogP contribution in [-0.2, 0) is 62.6 Å². The largest absolute Gasteiger partial charge is 0.461 e. The molecule has 4 atom stereocenters. The zero-order valence-corrected chi connectivity index (χ0v) is 30.7. The van der Waals surface area contributed by atoms with Crippen LogP contribution in [0.1, 0.15) is 57.2 Å². The van der Waals surface area contributed by atoms with Gasteiger partial charge in [0.25, 0.3) is 0 Å². The second kappa shape index (κ2) is 20.7. The van der Waals surface area contributed by atoms with Crippen LogP contribution in [0.25, 0.3) is 0 Å². The summed E-state index contributed by atoms with van der Waals surface area (Å²) >= 11 is 0. The molecule has 0 heterocycles. The van der Waals surface area contributed by atoms with Crippen molar-refractivity contribution in [3.05, 3.63) is 108 Å². The van der Waals surface area contributed by atoms with Gasteiger partial charge < -0.3 is 41.2 Å². The summed E-state index contributed by atoms with van der Waals surface area (Å²) in [7, 11) is 0. The van der Waals surface area contributed by atoms with Crippen LogP contribution < -0.4 is 27.0 Å². The van der Waals surface area contributed by atoms with Crippen molar-refractivity contribution in [2.75, 3.05) is 0 Å². The quantitative estimate of drug-likeness (QED) is 0.0945. The number of alkyl carbamates (subject to hydrolysis) is 1. The van der Waals surface area contributed by atoms with Crippen LogP contribution >= 0.6 is 0 Å². The third kappa shape index (κ3) is 15.6. The predicted molar refractivity (Wildman–Crippen MR) is 196 cm³/mol. The van der Waals surface area contributed by atoms with Crippen LogP contribution in [0, 0.1) is 0 Å². The monoisotopic (exact) mass is 745 g/mol. The van der Waals surface area contributed by atoms with Gasteiger partial charge in [0.15, 0.2) is 0 Å². The lowest BCUT2D eigenvalue weighted by molar-refractivity contribution is -0.149. The van der Waals surface area contributed by atoms with E-state index >= 15 is 0 Å². The van der Waals surface area contributed by atoms with Gasteiger partial charge in [-0.2, -0.15) is 0 Å². The fourth-order valence-electron chi connectivity index (χ4n) is 4.86. The summed E-state index contributed by atoms with van der Waals surface area (Å²) in [5, 5.41) is 9.75. The molecule has 3 aromatic rings. The highest BCUT2D eigenvalue weighted by atomic mass is 16.6. The van der Waals surface area contributed by atoms with Gasteiger partial charge >= 0.3 is 18.0 Å². The number of primary amides is 1. The fraction of sp³-hybridized carbons (Fsp3) is 0.359. The second-order valence-corrected chi connectivity index (χ2v) is 13.4. The lowest BCUT2D eigenvalue weighted by atomic mass is 10.0. The summed E-state index contributed by atoms with van der Waals surface area (Å²) in [4.78, 5) is 91.3. The van der Waals surface area contributed by atoms with E-state index in [1.165, 1.54) is 6.92 Å². The average molecular weight is 746 g/mol. The molecule has 0 radical (unpaired) electrons. The van der Waals surface area contributed by atoms with Crippen molar-refractivity contribution in [2.24, 2.45) is 5.73 Å². The Labute approximate surface area is 313 Å². The number of amides is 5. The molecule has 0 aliphatic rings. The Bertz CT molecular complexity index is 1730. The zero-order valence-electron chi connectivity index (χ0n) is 30.7. The fourth-order valence-corrected chi connectivity index (χ4v) is 4.86. The summed E-state index contributed by atoms with van der Waals surface area (Å²) in [5.41, 5.74) is 6.53. The van der Waals surface area contributed by atoms with Crippen LogP contribution in [0.2, 0.25) is 0 Å². The van der Waals surface area contributed by atoms with Gasteiger partial charge in [-0.1, -0.05) is 91.0 Å². The molecule has 0 aliphatic carbocycles. The highest BCUT2D eigenvalue weighted by molar-refractivity contribution is 5.97. The number of rotatable bonds is 18. The first-order valence-corrected chi connectivity index (χ1v) is 17.2. The van der Waals surface area contributed by atoms with E-state index in [1.807, 2.05) is 0 Å². The SMILES string of the molecule is C[C@H](NC(=O)[C@H](CC(N)=O)NC(=O)[C@H](CC(=O)OCc1ccccc1)NC(=O)[C@H](Cc1ccccc1)NC(=O)OC(C)(C)C)C(=O)OCc1ccccc1. The molecule has 0 unspecified atom stereocenters. The van der Waals surface area contributed by atoms with Gasteiger partial charge in [-0.15, -0.1) is 0 Å². The number of hydrogen-bond donors (Lipinski definition) is 5. The van der Waals surface area contributed by atoms with Crippen molar-refractivity contribution in [3.8, 4) is 0 Å². The van der Waals surface area contributed by atoms with E-state index in [0.717, 1.165) is 0 Å². The first kappa shape index (κ1) is 42.2. The maximum atomic E-state index is 13.8. The zero-order chi connectivity index (χ0) is 39.7. The molecule has 0 saturated heterocycles. The minimum absolute atomic E-state index is 0.0241. The Kier molecular flexibility index (Phi) is 16.2. The minimum Gasteiger partial charge on any atom is -0.461 e. The van der Waals surface area contributed by atoms with Crippen LogP contribution in [0.15, 0.2) is 91.0 Å². The number of hydrogen-bond acceptors (Lipinski definition) is 10. The third-order valence-electron chi connectivity index (χ3n) is 7.51. The standard InChI is InChI=1S/C39H47N5O10/c1-25(37(50)53-24-28-18-12-7-13-19-28)41-34(47)30(21-32(40)45)42-36(49)31(22-33(46)52-23-27-16-10-6-11-17-27)43-35(48)29(20-26-14-8-5-9-15-26)44-38(51)54-39(2,3)4/h5-19,25,29-31H,20-24H2,1-4H3,(H2,40,45)(H,41,47)(H,42,49)(H,43,48)(H,44,51)/t25-,29-,30-,31-/m0/s1. The Morgan fingerprint density at radius 3 is 1.54 bits per heavy atom. The lowest BCUT2D eigenvalue weighted by Crippen LogP contribution is -2.59. The van der Waals surface area contributed by atoms with E-state index in [0.29, 0.717) is 16.7 Å². The van der Waals surface area contributed by atoms with Gasteiger partial charge in [0, 0.05) is 6.42 Å². The van der Waals surface area contributed by atoms with Crippen LogP contribution in [-0.4, -0.2) is 71.4 Å². The first-order valence-electron chi connectivity index (χ1n) is 17.2.